The smallest absolute Gasteiger partial charge is 0.220 e. The van der Waals surface area contributed by atoms with Gasteiger partial charge in [0.05, 0.1) is 6.54 Å². The fraction of sp³-hybridized carbons (Fsp3) is 0.400. The summed E-state index contributed by atoms with van der Waals surface area (Å²) in [6, 6.07) is 8.02. The number of nitrogens with zero attached hydrogens (tertiary/aromatic N) is 1. The van der Waals surface area contributed by atoms with Crippen LogP contribution >= 0.6 is 15.9 Å². The molecule has 0 heterocycles. The Bertz CT molecular complexity index is 457. The summed E-state index contributed by atoms with van der Waals surface area (Å²) in [7, 11) is 4.01. The lowest BCUT2D eigenvalue weighted by molar-refractivity contribution is -0.120. The number of carbonyl (C=O) groups is 1. The third-order valence-electron chi connectivity index (χ3n) is 2.53. The Morgan fingerprint density at radius 3 is 2.58 bits per heavy atom. The summed E-state index contributed by atoms with van der Waals surface area (Å²) in [5, 5.41) is 3.63. The number of amides is 1. The van der Waals surface area contributed by atoms with E-state index in [0.29, 0.717) is 13.0 Å². The molecule has 4 heteroatoms. The lowest BCUT2D eigenvalue weighted by Gasteiger charge is -2.11. The summed E-state index contributed by atoms with van der Waals surface area (Å²) >= 11 is 3.29. The highest BCUT2D eigenvalue weighted by Crippen LogP contribution is 2.11. The van der Waals surface area contributed by atoms with E-state index in [0.717, 1.165) is 23.0 Å². The van der Waals surface area contributed by atoms with Crippen LogP contribution in [0.5, 0.6) is 0 Å². The van der Waals surface area contributed by atoms with Gasteiger partial charge in [0.15, 0.2) is 0 Å². The number of halogens is 1. The molecule has 0 bridgehead atoms. The van der Waals surface area contributed by atoms with Crippen LogP contribution in [0.25, 0.3) is 0 Å². The lowest BCUT2D eigenvalue weighted by Crippen LogP contribution is -2.23. The van der Waals surface area contributed by atoms with E-state index in [4.69, 9.17) is 0 Å². The van der Waals surface area contributed by atoms with Gasteiger partial charge in [0.1, 0.15) is 0 Å². The summed E-state index contributed by atoms with van der Waals surface area (Å²) in [5.74, 6) is 6.03. The van der Waals surface area contributed by atoms with Crippen LogP contribution in [0.3, 0.4) is 0 Å². The van der Waals surface area contributed by atoms with Gasteiger partial charge in [-0.15, -0.1) is 0 Å². The van der Waals surface area contributed by atoms with Crippen LogP contribution < -0.4 is 10.2 Å². The van der Waals surface area contributed by atoms with Gasteiger partial charge in [0.25, 0.3) is 0 Å². The number of carbonyl (C=O) groups excluding carboxylic acids is 1. The molecule has 0 saturated carbocycles. The molecule has 102 valence electrons. The van der Waals surface area contributed by atoms with Crippen molar-refractivity contribution in [3.8, 4) is 11.8 Å². The monoisotopic (exact) mass is 322 g/mol. The van der Waals surface area contributed by atoms with Gasteiger partial charge < -0.3 is 10.2 Å². The first-order chi connectivity index (χ1) is 9.13. The van der Waals surface area contributed by atoms with E-state index in [-0.39, 0.29) is 5.91 Å². The normalized spacial score (nSPS) is 9.42. The second-order valence-electron chi connectivity index (χ2n) is 4.31. The molecule has 0 aliphatic rings. The van der Waals surface area contributed by atoms with Crippen LogP contribution in [0.4, 0.5) is 5.69 Å². The molecule has 0 aliphatic carbocycles. The van der Waals surface area contributed by atoms with E-state index in [2.05, 4.69) is 33.1 Å². The molecular formula is C15H19BrN2O. The Kier molecular flexibility index (Phi) is 7.06. The molecule has 0 atom stereocenters. The Hall–Kier alpha value is -1.47. The maximum absolute atomic E-state index is 11.3. The van der Waals surface area contributed by atoms with Gasteiger partial charge in [-0.05, 0) is 30.7 Å². The Morgan fingerprint density at radius 1 is 1.32 bits per heavy atom. The second kappa shape index (κ2) is 8.60. The SMILES string of the molecule is CN(C)c1ccc(C#CCNC(=O)CCCBr)cc1. The zero-order valence-corrected chi connectivity index (χ0v) is 13.0. The quantitative estimate of drug-likeness (QED) is 0.667. The van der Waals surface area contributed by atoms with Crippen molar-refractivity contribution in [1.29, 1.82) is 0 Å². The van der Waals surface area contributed by atoms with E-state index in [1.54, 1.807) is 0 Å². The van der Waals surface area contributed by atoms with E-state index >= 15 is 0 Å². The zero-order chi connectivity index (χ0) is 14.1. The largest absolute Gasteiger partial charge is 0.378 e. The number of hydrogen-bond donors (Lipinski definition) is 1. The highest BCUT2D eigenvalue weighted by molar-refractivity contribution is 9.09. The molecule has 0 radical (unpaired) electrons. The van der Waals surface area contributed by atoms with Crippen molar-refractivity contribution in [3.05, 3.63) is 29.8 Å². The van der Waals surface area contributed by atoms with Gasteiger partial charge in [-0.1, -0.05) is 27.8 Å². The van der Waals surface area contributed by atoms with Crippen molar-refractivity contribution >= 4 is 27.5 Å². The molecule has 1 amide bonds. The summed E-state index contributed by atoms with van der Waals surface area (Å²) in [5.41, 5.74) is 2.11. The van der Waals surface area contributed by atoms with Gasteiger partial charge in [0, 0.05) is 37.1 Å². The Morgan fingerprint density at radius 2 is 2.00 bits per heavy atom. The topological polar surface area (TPSA) is 32.3 Å². The first-order valence-corrected chi connectivity index (χ1v) is 7.34. The number of alkyl halides is 1. The maximum Gasteiger partial charge on any atom is 0.220 e. The van der Waals surface area contributed by atoms with Crippen LogP contribution in [-0.4, -0.2) is 31.9 Å². The standard InChI is InChI=1S/C15H19BrN2O/c1-18(2)14-9-7-13(8-10-14)5-4-12-17-15(19)6-3-11-16/h7-10H,3,6,11-12H2,1-2H3,(H,17,19). The average molecular weight is 323 g/mol. The van der Waals surface area contributed by atoms with Crippen molar-refractivity contribution in [2.24, 2.45) is 0 Å². The zero-order valence-electron chi connectivity index (χ0n) is 11.4. The molecule has 0 aliphatic heterocycles. The van der Waals surface area contributed by atoms with Crippen molar-refractivity contribution in [2.45, 2.75) is 12.8 Å². The third kappa shape index (κ3) is 6.30. The summed E-state index contributed by atoms with van der Waals surface area (Å²) in [4.78, 5) is 13.4. The predicted molar refractivity (Wildman–Crippen MR) is 83.7 cm³/mol. The maximum atomic E-state index is 11.3. The molecule has 1 aromatic carbocycles. The second-order valence-corrected chi connectivity index (χ2v) is 5.11. The summed E-state index contributed by atoms with van der Waals surface area (Å²) in [6.45, 7) is 0.399. The first-order valence-electron chi connectivity index (χ1n) is 6.22. The molecule has 1 aromatic rings. The van der Waals surface area contributed by atoms with E-state index in [9.17, 15) is 4.79 Å². The van der Waals surface area contributed by atoms with Crippen molar-refractivity contribution < 1.29 is 4.79 Å². The molecule has 1 rings (SSSR count). The van der Waals surface area contributed by atoms with E-state index < -0.39 is 0 Å². The van der Waals surface area contributed by atoms with Crippen molar-refractivity contribution in [1.82, 2.24) is 5.32 Å². The van der Waals surface area contributed by atoms with Gasteiger partial charge in [-0.25, -0.2) is 0 Å². The fourth-order valence-corrected chi connectivity index (χ4v) is 1.73. The average Bonchev–Trinajstić information content (AvgIpc) is 2.41. The molecule has 0 fully saturated rings. The van der Waals surface area contributed by atoms with Gasteiger partial charge in [-0.2, -0.15) is 0 Å². The fourth-order valence-electron chi connectivity index (χ4n) is 1.45. The third-order valence-corrected chi connectivity index (χ3v) is 3.09. The minimum Gasteiger partial charge on any atom is -0.378 e. The molecule has 19 heavy (non-hydrogen) atoms. The molecule has 3 nitrogen and oxygen atoms in total. The van der Waals surface area contributed by atoms with Crippen molar-refractivity contribution in [3.63, 3.8) is 0 Å². The molecule has 0 unspecified atom stereocenters. The lowest BCUT2D eigenvalue weighted by atomic mass is 10.2. The first kappa shape index (κ1) is 15.6. The molecular weight excluding hydrogens is 304 g/mol. The van der Waals surface area contributed by atoms with Crippen molar-refractivity contribution in [2.75, 3.05) is 30.9 Å². The number of rotatable bonds is 5. The summed E-state index contributed by atoms with van der Waals surface area (Å²) < 4.78 is 0. The van der Waals surface area contributed by atoms with E-state index in [1.165, 1.54) is 0 Å². The van der Waals surface area contributed by atoms with Gasteiger partial charge in [-0.3, -0.25) is 4.79 Å². The molecule has 0 spiro atoms. The van der Waals surface area contributed by atoms with Gasteiger partial charge >= 0.3 is 0 Å². The van der Waals surface area contributed by atoms with Crippen LogP contribution in [0, 0.1) is 11.8 Å². The highest BCUT2D eigenvalue weighted by atomic mass is 79.9. The van der Waals surface area contributed by atoms with Gasteiger partial charge in [0.2, 0.25) is 5.91 Å². The Labute approximate surface area is 123 Å². The predicted octanol–water partition coefficient (Wildman–Crippen LogP) is 2.40. The minimum absolute atomic E-state index is 0.0525. The van der Waals surface area contributed by atoms with Crippen LogP contribution in [0.2, 0.25) is 0 Å². The van der Waals surface area contributed by atoms with Crippen LogP contribution in [-0.2, 0) is 4.79 Å². The van der Waals surface area contributed by atoms with Crippen LogP contribution in [0.1, 0.15) is 18.4 Å². The molecule has 0 aromatic heterocycles. The number of hydrogen-bond acceptors (Lipinski definition) is 2. The number of benzene rings is 1. The van der Waals surface area contributed by atoms with E-state index in [1.807, 2.05) is 43.3 Å². The molecule has 0 saturated heterocycles. The van der Waals surface area contributed by atoms with Crippen LogP contribution in [0.15, 0.2) is 24.3 Å². The molecule has 1 N–H and O–H groups in total. The number of nitrogens with one attached hydrogen (secondary N) is 1. The highest BCUT2D eigenvalue weighted by Gasteiger charge is 1.97. The summed E-state index contributed by atoms with van der Waals surface area (Å²) in [6.07, 6.45) is 1.40. The number of anilines is 1. The minimum atomic E-state index is 0.0525. The Balaban J connectivity index is 2.39.